The number of alkyl halides is 5. The fraction of sp³-hybridized carbons (Fsp3) is 0.625. The van der Waals surface area contributed by atoms with E-state index >= 15 is 8.78 Å². The van der Waals surface area contributed by atoms with E-state index in [0.717, 1.165) is 72.9 Å². The number of benzene rings is 1. The minimum Gasteiger partial charge on any atom is -0.479 e. The van der Waals surface area contributed by atoms with E-state index in [1.165, 1.54) is 4.90 Å². The molecule has 2 aromatic heterocycles. The molecule has 1 aromatic carbocycles. The Labute approximate surface area is 316 Å². The van der Waals surface area contributed by atoms with Crippen LogP contribution in [0.5, 0.6) is 0 Å². The molecule has 3 aromatic rings. The van der Waals surface area contributed by atoms with Crippen molar-refractivity contribution in [1.82, 2.24) is 30.0 Å². The Bertz CT molecular complexity index is 1990. The molecule has 55 heavy (non-hydrogen) atoms. The van der Waals surface area contributed by atoms with Gasteiger partial charge in [-0.15, -0.1) is 0 Å². The summed E-state index contributed by atoms with van der Waals surface area (Å²) in [6.07, 6.45) is 6.53. The van der Waals surface area contributed by atoms with Crippen molar-refractivity contribution in [3.63, 3.8) is 0 Å². The highest BCUT2D eigenvalue weighted by Crippen LogP contribution is 2.53. The van der Waals surface area contributed by atoms with Crippen molar-refractivity contribution in [2.75, 3.05) is 24.5 Å². The number of halogens is 5. The van der Waals surface area contributed by atoms with Gasteiger partial charge in [0, 0.05) is 61.5 Å². The summed E-state index contributed by atoms with van der Waals surface area (Å²) in [5, 5.41) is 18.0. The van der Waals surface area contributed by atoms with Gasteiger partial charge in [-0.25, -0.2) is 19.4 Å². The average molecular weight is 770 g/mol. The van der Waals surface area contributed by atoms with Crippen molar-refractivity contribution >= 4 is 23.5 Å². The molecule has 8 rings (SSSR count). The third kappa shape index (κ3) is 6.67. The third-order valence-electron chi connectivity index (χ3n) is 13.3. The highest BCUT2D eigenvalue weighted by molar-refractivity contribution is 5.99. The molecule has 5 unspecified atom stereocenters. The molecule has 1 spiro atoms. The van der Waals surface area contributed by atoms with Gasteiger partial charge in [0.15, 0.2) is 0 Å². The summed E-state index contributed by atoms with van der Waals surface area (Å²) in [5.41, 5.74) is 1.01. The molecular formula is C40H48F5N7O3. The Morgan fingerprint density at radius 1 is 1.02 bits per heavy atom. The van der Waals surface area contributed by atoms with Crippen LogP contribution in [0.2, 0.25) is 0 Å². The number of aliphatic carboxylic acids is 1. The van der Waals surface area contributed by atoms with Crippen molar-refractivity contribution in [2.24, 2.45) is 23.7 Å². The van der Waals surface area contributed by atoms with E-state index in [1.807, 2.05) is 24.0 Å². The van der Waals surface area contributed by atoms with Crippen LogP contribution in [0.4, 0.5) is 33.6 Å². The number of aromatic nitrogens is 4. The molecule has 1 amide bonds. The number of anilines is 2. The summed E-state index contributed by atoms with van der Waals surface area (Å²) in [6, 6.07) is 5.82. The lowest BCUT2D eigenvalue weighted by Gasteiger charge is -2.52. The summed E-state index contributed by atoms with van der Waals surface area (Å²) < 4.78 is 72.2. The molecular weight excluding hydrogens is 721 g/mol. The topological polar surface area (TPSA) is 116 Å². The van der Waals surface area contributed by atoms with Crippen molar-refractivity contribution in [3.8, 4) is 5.69 Å². The number of nitrogens with one attached hydrogen (secondary N) is 1. The van der Waals surface area contributed by atoms with E-state index in [4.69, 9.17) is 0 Å². The van der Waals surface area contributed by atoms with Gasteiger partial charge in [-0.1, -0.05) is 33.1 Å². The van der Waals surface area contributed by atoms with Crippen LogP contribution < -0.4 is 10.2 Å². The second kappa shape index (κ2) is 13.5. The standard InChI is InChI=1S/C40H48F5N7O3/c1-23-13-25-15-24(2)40(35(54)55,27(14-23)16-25)49-34(53)29-19-46-36(48-33(29)37(3,41)42)51-21-38(10-5-4-6-11-38)30-17-28(7-8-32(30)51)52-31-9-12-50(22-39(43,44)45)20-26(31)18-47-52/h7-8,17-19,23-25,27H,4-6,9-16,20-22H2,1-3H3,(H,49,53)(H,54,55). The molecule has 3 aliphatic carbocycles. The zero-order chi connectivity index (χ0) is 39.1. The number of fused-ring (bicyclic) bond motifs is 5. The van der Waals surface area contributed by atoms with Gasteiger partial charge in [-0.2, -0.15) is 27.1 Å². The lowest BCUT2D eigenvalue weighted by Crippen LogP contribution is -2.66. The smallest absolute Gasteiger partial charge is 0.401 e. The van der Waals surface area contributed by atoms with Gasteiger partial charge in [0.25, 0.3) is 11.8 Å². The number of hydrogen-bond acceptors (Lipinski definition) is 7. The number of amides is 1. The lowest BCUT2D eigenvalue weighted by atomic mass is 9.56. The van der Waals surface area contributed by atoms with Crippen LogP contribution in [0.1, 0.15) is 111 Å². The van der Waals surface area contributed by atoms with Gasteiger partial charge in [-0.05, 0) is 86.0 Å². The fourth-order valence-electron chi connectivity index (χ4n) is 10.9. The highest BCUT2D eigenvalue weighted by atomic mass is 19.4. The van der Waals surface area contributed by atoms with Crippen LogP contribution in [0, 0.1) is 23.7 Å². The molecule has 2 N–H and O–H groups in total. The van der Waals surface area contributed by atoms with Gasteiger partial charge in [-0.3, -0.25) is 9.69 Å². The SMILES string of the molecule is CC1CC2CC(C)C(NC(=O)c3cnc(N4CC5(CCCCC5)c5cc(-n6ncc7c6CCN(CC(F)(F)F)C7)ccc54)nc3C(C)(F)F)(C(=O)O)C(C1)C2. The zero-order valence-corrected chi connectivity index (χ0v) is 31.4. The highest BCUT2D eigenvalue weighted by Gasteiger charge is 2.57. The van der Waals surface area contributed by atoms with Gasteiger partial charge < -0.3 is 15.3 Å². The number of carbonyl (C=O) groups excluding carboxylic acids is 1. The number of carboxylic acid groups (broad SMARTS) is 1. The first kappa shape index (κ1) is 37.8. The van der Waals surface area contributed by atoms with Crippen molar-refractivity contribution in [3.05, 3.63) is 58.7 Å². The van der Waals surface area contributed by atoms with Gasteiger partial charge in [0.2, 0.25) is 5.95 Å². The summed E-state index contributed by atoms with van der Waals surface area (Å²) in [5.74, 6) is -5.68. The van der Waals surface area contributed by atoms with Crippen LogP contribution in [0.25, 0.3) is 5.69 Å². The largest absolute Gasteiger partial charge is 0.479 e. The predicted molar refractivity (Wildman–Crippen MR) is 194 cm³/mol. The number of hydrogen-bond donors (Lipinski definition) is 2. The Morgan fingerprint density at radius 3 is 2.49 bits per heavy atom. The number of rotatable bonds is 7. The van der Waals surface area contributed by atoms with E-state index in [0.29, 0.717) is 51.0 Å². The number of carboxylic acids is 1. The lowest BCUT2D eigenvalue weighted by molar-refractivity contribution is -0.155. The zero-order valence-electron chi connectivity index (χ0n) is 31.4. The Hall–Kier alpha value is -4.14. The monoisotopic (exact) mass is 769 g/mol. The van der Waals surface area contributed by atoms with Crippen molar-refractivity contribution in [1.29, 1.82) is 0 Å². The van der Waals surface area contributed by atoms with Crippen molar-refractivity contribution < 1.29 is 36.6 Å². The first-order valence-corrected chi connectivity index (χ1v) is 19.6. The molecule has 0 radical (unpaired) electrons. The van der Waals surface area contributed by atoms with Crippen LogP contribution in [-0.2, 0) is 29.1 Å². The Balaban J connectivity index is 1.13. The van der Waals surface area contributed by atoms with Crippen LogP contribution in [0.3, 0.4) is 0 Å². The minimum absolute atomic E-state index is 0.0219. The fourth-order valence-corrected chi connectivity index (χ4v) is 10.9. The quantitative estimate of drug-likeness (QED) is 0.235. The average Bonchev–Trinajstić information content (AvgIpc) is 3.67. The second-order valence-electron chi connectivity index (χ2n) is 17.2. The molecule has 4 heterocycles. The van der Waals surface area contributed by atoms with Crippen LogP contribution in [0.15, 0.2) is 30.6 Å². The predicted octanol–water partition coefficient (Wildman–Crippen LogP) is 7.69. The van der Waals surface area contributed by atoms with Gasteiger partial charge in [0.05, 0.1) is 24.0 Å². The molecule has 0 saturated heterocycles. The Morgan fingerprint density at radius 2 is 1.78 bits per heavy atom. The molecule has 2 bridgehead atoms. The van der Waals surface area contributed by atoms with Crippen LogP contribution >= 0.6 is 0 Å². The Kier molecular flexibility index (Phi) is 9.28. The maximum Gasteiger partial charge on any atom is 0.401 e. The summed E-state index contributed by atoms with van der Waals surface area (Å²) >= 11 is 0. The summed E-state index contributed by atoms with van der Waals surface area (Å²) in [4.78, 5) is 39.2. The molecule has 3 fully saturated rings. The third-order valence-corrected chi connectivity index (χ3v) is 13.3. The maximum atomic E-state index is 15.5. The number of carbonyl (C=O) groups is 2. The van der Waals surface area contributed by atoms with Gasteiger partial charge in [0.1, 0.15) is 11.2 Å². The number of nitrogens with zero attached hydrogens (tertiary/aromatic N) is 6. The first-order chi connectivity index (χ1) is 26.0. The van der Waals surface area contributed by atoms with E-state index in [2.05, 4.69) is 33.4 Å². The molecule has 15 heteroatoms. The van der Waals surface area contributed by atoms with Gasteiger partial charge >= 0.3 is 12.1 Å². The van der Waals surface area contributed by atoms with E-state index in [-0.39, 0.29) is 30.4 Å². The van der Waals surface area contributed by atoms with E-state index < -0.39 is 53.2 Å². The molecule has 296 valence electrons. The van der Waals surface area contributed by atoms with Crippen LogP contribution in [-0.4, -0.2) is 73.0 Å². The summed E-state index contributed by atoms with van der Waals surface area (Å²) in [6.45, 7) is 4.47. The molecule has 10 nitrogen and oxygen atoms in total. The first-order valence-electron chi connectivity index (χ1n) is 19.6. The molecule has 2 aliphatic heterocycles. The maximum absolute atomic E-state index is 15.5. The normalized spacial score (nSPS) is 27.8. The minimum atomic E-state index is -4.28. The van der Waals surface area contributed by atoms with E-state index in [9.17, 15) is 27.9 Å². The molecule has 5 atom stereocenters. The summed E-state index contributed by atoms with van der Waals surface area (Å²) in [7, 11) is 0. The molecule has 5 aliphatic rings. The molecule has 3 saturated carbocycles. The second-order valence-corrected chi connectivity index (χ2v) is 17.2. The van der Waals surface area contributed by atoms with E-state index in [1.54, 1.807) is 10.9 Å². The van der Waals surface area contributed by atoms with Crippen molar-refractivity contribution in [2.45, 2.75) is 115 Å².